The number of nitrogens with one attached hydrogen (secondary N) is 2. The van der Waals surface area contributed by atoms with Crippen LogP contribution >= 0.6 is 0 Å². The fourth-order valence-corrected chi connectivity index (χ4v) is 3.94. The summed E-state index contributed by atoms with van der Waals surface area (Å²) in [7, 11) is 0. The number of Topliss-reactive ketones (excluding diaryl/α,β-unsaturated/α-hetero) is 1. The van der Waals surface area contributed by atoms with Gasteiger partial charge in [0.25, 0.3) is 0 Å². The van der Waals surface area contributed by atoms with E-state index in [0.717, 1.165) is 37.2 Å². The van der Waals surface area contributed by atoms with Crippen LogP contribution in [0.5, 0.6) is 5.75 Å². The normalized spacial score (nSPS) is 17.8. The third kappa shape index (κ3) is 5.84. The van der Waals surface area contributed by atoms with E-state index in [9.17, 15) is 9.90 Å². The quantitative estimate of drug-likeness (QED) is 0.564. The monoisotopic (exact) mass is 415 g/mol. The van der Waals surface area contributed by atoms with Gasteiger partial charge in [-0.3, -0.25) is 10.2 Å². The molecule has 168 valence electrons. The lowest BCUT2D eigenvalue weighted by Gasteiger charge is -2.28. The number of nitrogens with zero attached hydrogens (tertiary/aromatic N) is 1. The minimum Gasteiger partial charge on any atom is -0.507 e. The number of carbonyl (C=O) groups excluding carboxylic acids is 1. The van der Waals surface area contributed by atoms with Crippen molar-refractivity contribution in [2.45, 2.75) is 72.6 Å². The minimum atomic E-state index is -0.270. The second-order valence-electron chi connectivity index (χ2n) is 11.2. The number of phenolic OH excluding ortho intramolecular Hbond substituents is 1. The van der Waals surface area contributed by atoms with Crippen molar-refractivity contribution in [2.75, 3.05) is 26.2 Å². The zero-order valence-electron chi connectivity index (χ0n) is 20.1. The average Bonchev–Trinajstić information content (AvgIpc) is 2.93. The molecule has 5 heteroatoms. The van der Waals surface area contributed by atoms with E-state index >= 15 is 0 Å². The van der Waals surface area contributed by atoms with Gasteiger partial charge in [-0.15, -0.1) is 0 Å². The Morgan fingerprint density at radius 1 is 1.17 bits per heavy atom. The van der Waals surface area contributed by atoms with Gasteiger partial charge in [0.1, 0.15) is 11.6 Å². The van der Waals surface area contributed by atoms with Crippen molar-refractivity contribution in [3.05, 3.63) is 28.8 Å². The van der Waals surface area contributed by atoms with Crippen LogP contribution in [0.2, 0.25) is 0 Å². The molecule has 1 aliphatic rings. The summed E-state index contributed by atoms with van der Waals surface area (Å²) in [4.78, 5) is 15.1. The van der Waals surface area contributed by atoms with Crippen LogP contribution in [-0.4, -0.2) is 47.8 Å². The predicted molar refractivity (Wildman–Crippen MR) is 125 cm³/mol. The molecule has 1 heterocycles. The summed E-state index contributed by atoms with van der Waals surface area (Å²) >= 11 is 0. The summed E-state index contributed by atoms with van der Waals surface area (Å²) in [5.74, 6) is 1.61. The third-order valence-electron chi connectivity index (χ3n) is 5.80. The Hall–Kier alpha value is -1.88. The number of ketones is 1. The van der Waals surface area contributed by atoms with Crippen LogP contribution in [0.3, 0.4) is 0 Å². The zero-order valence-corrected chi connectivity index (χ0v) is 20.1. The maximum atomic E-state index is 13.2. The van der Waals surface area contributed by atoms with Gasteiger partial charge in [0.2, 0.25) is 0 Å². The van der Waals surface area contributed by atoms with Gasteiger partial charge in [0.05, 0.1) is 6.54 Å². The van der Waals surface area contributed by atoms with Crippen LogP contribution in [0.4, 0.5) is 0 Å². The largest absolute Gasteiger partial charge is 0.507 e. The summed E-state index contributed by atoms with van der Waals surface area (Å²) in [6, 6.07) is 3.68. The Balaban J connectivity index is 2.20. The van der Waals surface area contributed by atoms with Gasteiger partial charge in [-0.1, -0.05) is 55.4 Å². The van der Waals surface area contributed by atoms with Crippen LogP contribution in [0, 0.1) is 17.2 Å². The number of benzene rings is 1. The molecule has 1 aromatic rings. The maximum Gasteiger partial charge on any atom is 0.182 e. The molecule has 0 radical (unpaired) electrons. The lowest BCUT2D eigenvalue weighted by Crippen LogP contribution is -2.35. The van der Waals surface area contributed by atoms with Gasteiger partial charge >= 0.3 is 0 Å². The van der Waals surface area contributed by atoms with Crippen LogP contribution in [0.25, 0.3) is 0 Å². The number of aromatic hydroxyl groups is 1. The summed E-state index contributed by atoms with van der Waals surface area (Å²) in [6.07, 6.45) is 0.910. The molecule has 3 N–H and O–H groups in total. The fraction of sp³-hybridized carbons (Fsp3) is 0.680. The molecular formula is C25H41N3O2. The van der Waals surface area contributed by atoms with Gasteiger partial charge in [-0.25, -0.2) is 0 Å². The molecule has 0 amide bonds. The molecule has 1 fully saturated rings. The van der Waals surface area contributed by atoms with Crippen molar-refractivity contribution in [1.29, 1.82) is 5.41 Å². The first-order chi connectivity index (χ1) is 13.7. The highest BCUT2D eigenvalue weighted by Gasteiger charge is 2.31. The smallest absolute Gasteiger partial charge is 0.182 e. The second-order valence-corrected chi connectivity index (χ2v) is 11.2. The van der Waals surface area contributed by atoms with E-state index in [1.165, 1.54) is 0 Å². The van der Waals surface area contributed by atoms with E-state index in [4.69, 9.17) is 5.41 Å². The van der Waals surface area contributed by atoms with Crippen molar-refractivity contribution in [2.24, 2.45) is 11.8 Å². The fourth-order valence-electron chi connectivity index (χ4n) is 3.94. The minimum absolute atomic E-state index is 0.00606. The summed E-state index contributed by atoms with van der Waals surface area (Å²) < 4.78 is 0. The van der Waals surface area contributed by atoms with E-state index in [1.807, 2.05) is 58.6 Å². The first kappa shape index (κ1) is 24.4. The number of hydrogen-bond acceptors (Lipinski definition) is 4. The Bertz CT molecular complexity index is 750. The van der Waals surface area contributed by atoms with Crippen molar-refractivity contribution >= 4 is 11.6 Å². The van der Waals surface area contributed by atoms with Crippen molar-refractivity contribution < 1.29 is 9.90 Å². The highest BCUT2D eigenvalue weighted by atomic mass is 16.3. The molecule has 5 nitrogen and oxygen atoms in total. The molecule has 1 aliphatic heterocycles. The lowest BCUT2D eigenvalue weighted by molar-refractivity contribution is 0.0965. The number of carbonyl (C=O) groups is 1. The van der Waals surface area contributed by atoms with E-state index in [2.05, 4.69) is 19.2 Å². The molecule has 1 saturated heterocycles. The van der Waals surface area contributed by atoms with Crippen molar-refractivity contribution in [3.63, 3.8) is 0 Å². The van der Waals surface area contributed by atoms with Gasteiger partial charge < -0.3 is 15.3 Å². The number of phenols is 1. The molecule has 0 saturated carbocycles. The Labute approximate surface area is 182 Å². The summed E-state index contributed by atoms with van der Waals surface area (Å²) in [6.45, 7) is 19.3. The molecule has 1 aromatic carbocycles. The first-order valence-corrected chi connectivity index (χ1v) is 11.2. The summed E-state index contributed by atoms with van der Waals surface area (Å²) in [5.41, 5.74) is 1.68. The lowest BCUT2D eigenvalue weighted by atomic mass is 9.78. The topological polar surface area (TPSA) is 76.4 Å². The van der Waals surface area contributed by atoms with E-state index in [1.54, 1.807) is 0 Å². The SMILES string of the molecule is CC(C)CNCC1CCN(CC(=O)c2cc(C(C)(C)C)c(O)c(C(C)(C)C)c2)C1=N. The van der Waals surface area contributed by atoms with Gasteiger partial charge in [-0.2, -0.15) is 0 Å². The number of likely N-dealkylation sites (tertiary alicyclic amines) is 1. The molecule has 0 aromatic heterocycles. The van der Waals surface area contributed by atoms with E-state index in [-0.39, 0.29) is 34.8 Å². The van der Waals surface area contributed by atoms with Gasteiger partial charge in [-0.05, 0) is 41.8 Å². The average molecular weight is 416 g/mol. The number of rotatable bonds is 7. The predicted octanol–water partition coefficient (Wildman–Crippen LogP) is 4.71. The highest BCUT2D eigenvalue weighted by molar-refractivity contribution is 6.00. The highest BCUT2D eigenvalue weighted by Crippen LogP contribution is 2.40. The van der Waals surface area contributed by atoms with Gasteiger partial charge in [0.15, 0.2) is 5.78 Å². The summed E-state index contributed by atoms with van der Waals surface area (Å²) in [5, 5.41) is 22.8. The molecule has 0 aliphatic carbocycles. The standard InChI is InChI=1S/C25H41N3O2/c1-16(2)13-27-14-17-9-10-28(23(17)26)15-21(29)18-11-19(24(3,4)5)22(30)20(12-18)25(6,7)8/h11-12,16-17,26-27,30H,9-10,13-15H2,1-8H3. The molecular weight excluding hydrogens is 374 g/mol. The van der Waals surface area contributed by atoms with Crippen LogP contribution in [-0.2, 0) is 10.8 Å². The van der Waals surface area contributed by atoms with Crippen LogP contribution in [0.1, 0.15) is 83.3 Å². The van der Waals surface area contributed by atoms with Crippen molar-refractivity contribution in [3.8, 4) is 5.75 Å². The Morgan fingerprint density at radius 2 is 1.70 bits per heavy atom. The van der Waals surface area contributed by atoms with Crippen LogP contribution < -0.4 is 5.32 Å². The number of hydrogen-bond donors (Lipinski definition) is 3. The first-order valence-electron chi connectivity index (χ1n) is 11.2. The molecule has 1 unspecified atom stereocenters. The maximum absolute atomic E-state index is 13.2. The Kier molecular flexibility index (Phi) is 7.39. The molecule has 2 rings (SSSR count). The molecule has 1 atom stereocenters. The van der Waals surface area contributed by atoms with Crippen LogP contribution in [0.15, 0.2) is 12.1 Å². The molecule has 30 heavy (non-hydrogen) atoms. The molecule has 0 spiro atoms. The van der Waals surface area contributed by atoms with E-state index < -0.39 is 0 Å². The van der Waals surface area contributed by atoms with E-state index in [0.29, 0.717) is 17.3 Å². The van der Waals surface area contributed by atoms with Crippen molar-refractivity contribution in [1.82, 2.24) is 10.2 Å². The second kappa shape index (κ2) is 9.09. The number of amidine groups is 1. The third-order valence-corrected chi connectivity index (χ3v) is 5.80. The Morgan fingerprint density at radius 3 is 2.17 bits per heavy atom. The molecule has 0 bridgehead atoms. The van der Waals surface area contributed by atoms with Gasteiger partial charge in [0, 0.05) is 35.7 Å². The zero-order chi connectivity index (χ0) is 22.9.